The van der Waals surface area contributed by atoms with E-state index in [0.717, 1.165) is 3.92 Å². The van der Waals surface area contributed by atoms with Crippen LogP contribution < -0.4 is 5.32 Å². The second-order valence-corrected chi connectivity index (χ2v) is 5.25. The van der Waals surface area contributed by atoms with Crippen molar-refractivity contribution in [2.45, 2.75) is 42.1 Å². The maximum absolute atomic E-state index is 3.40. The molecule has 1 saturated carbocycles. The lowest BCUT2D eigenvalue weighted by atomic mass is 9.84. The fraction of sp³-hybridized carbons (Fsp3) is 1.00. The van der Waals surface area contributed by atoms with E-state index in [-0.39, 0.29) is 0 Å². The van der Waals surface area contributed by atoms with E-state index in [4.69, 9.17) is 0 Å². The van der Waals surface area contributed by atoms with Crippen LogP contribution in [0.4, 0.5) is 0 Å². The molecule has 2 heteroatoms. The summed E-state index contributed by atoms with van der Waals surface area (Å²) in [7, 11) is 2.08. The smallest absolute Gasteiger partial charge is 0.0151 e. The second kappa shape index (κ2) is 3.39. The Morgan fingerprint density at radius 3 is 2.30 bits per heavy atom. The van der Waals surface area contributed by atoms with Crippen LogP contribution in [0.15, 0.2) is 0 Å². The van der Waals surface area contributed by atoms with Crippen molar-refractivity contribution in [2.24, 2.45) is 0 Å². The first-order valence-corrected chi connectivity index (χ1v) is 5.24. The predicted molar refractivity (Wildman–Crippen MR) is 53.7 cm³/mol. The normalized spacial score (nSPS) is 41.7. The highest BCUT2D eigenvalue weighted by atomic mass is 127. The van der Waals surface area contributed by atoms with Gasteiger partial charge in [0.25, 0.3) is 0 Å². The van der Waals surface area contributed by atoms with Crippen LogP contribution in [-0.2, 0) is 0 Å². The van der Waals surface area contributed by atoms with Crippen molar-refractivity contribution in [3.63, 3.8) is 0 Å². The number of alkyl halides is 1. The summed E-state index contributed by atoms with van der Waals surface area (Å²) in [5.41, 5.74) is 0.446. The van der Waals surface area contributed by atoms with E-state index in [9.17, 15) is 0 Å². The lowest BCUT2D eigenvalue weighted by Gasteiger charge is -2.35. The average molecular weight is 253 g/mol. The maximum atomic E-state index is 3.40. The van der Waals surface area contributed by atoms with Crippen LogP contribution in [0.1, 0.15) is 32.6 Å². The Kier molecular flexibility index (Phi) is 2.98. The van der Waals surface area contributed by atoms with E-state index in [1.165, 1.54) is 25.7 Å². The molecule has 0 aromatic heterocycles. The molecule has 60 valence electrons. The van der Waals surface area contributed by atoms with Gasteiger partial charge >= 0.3 is 0 Å². The first-order chi connectivity index (χ1) is 4.66. The third kappa shape index (κ3) is 2.09. The summed E-state index contributed by atoms with van der Waals surface area (Å²) in [5.74, 6) is 0. The molecule has 0 aromatic carbocycles. The molecule has 10 heavy (non-hydrogen) atoms. The highest BCUT2D eigenvalue weighted by molar-refractivity contribution is 14.1. The fourth-order valence-corrected chi connectivity index (χ4v) is 2.09. The van der Waals surface area contributed by atoms with Gasteiger partial charge < -0.3 is 5.32 Å². The van der Waals surface area contributed by atoms with Gasteiger partial charge in [0.05, 0.1) is 0 Å². The summed E-state index contributed by atoms with van der Waals surface area (Å²) in [6.45, 7) is 2.33. The minimum absolute atomic E-state index is 0.446. The van der Waals surface area contributed by atoms with E-state index in [0.29, 0.717) is 5.54 Å². The Bertz CT molecular complexity index is 106. The summed E-state index contributed by atoms with van der Waals surface area (Å²) >= 11 is 2.56. The first-order valence-electron chi connectivity index (χ1n) is 3.99. The van der Waals surface area contributed by atoms with Gasteiger partial charge in [-0.3, -0.25) is 0 Å². The molecule has 0 bridgehead atoms. The minimum atomic E-state index is 0.446. The molecule has 0 saturated heterocycles. The Hall–Kier alpha value is 0.690. The standard InChI is InChI=1S/C8H16IN/c1-8(10-2)5-3-7(9)4-6-8/h7,10H,3-6H2,1-2H3. The van der Waals surface area contributed by atoms with Gasteiger partial charge in [-0.2, -0.15) is 0 Å². The molecule has 0 aliphatic heterocycles. The van der Waals surface area contributed by atoms with Crippen LogP contribution in [0, 0.1) is 0 Å². The summed E-state index contributed by atoms with van der Waals surface area (Å²) in [6, 6.07) is 0. The third-order valence-electron chi connectivity index (χ3n) is 2.62. The summed E-state index contributed by atoms with van der Waals surface area (Å²) in [6.07, 6.45) is 5.46. The fourth-order valence-electron chi connectivity index (χ4n) is 1.47. The van der Waals surface area contributed by atoms with Crippen LogP contribution in [0.2, 0.25) is 0 Å². The van der Waals surface area contributed by atoms with Crippen molar-refractivity contribution >= 4 is 22.6 Å². The number of halogens is 1. The number of hydrogen-bond acceptors (Lipinski definition) is 1. The zero-order valence-electron chi connectivity index (χ0n) is 6.78. The molecule has 1 N–H and O–H groups in total. The lowest BCUT2D eigenvalue weighted by Crippen LogP contribution is -2.43. The van der Waals surface area contributed by atoms with Crippen LogP contribution in [0.3, 0.4) is 0 Å². The molecule has 1 aliphatic carbocycles. The van der Waals surface area contributed by atoms with Gasteiger partial charge in [0.2, 0.25) is 0 Å². The lowest BCUT2D eigenvalue weighted by molar-refractivity contribution is 0.280. The molecule has 1 nitrogen and oxygen atoms in total. The van der Waals surface area contributed by atoms with Crippen LogP contribution in [-0.4, -0.2) is 16.5 Å². The minimum Gasteiger partial charge on any atom is -0.315 e. The van der Waals surface area contributed by atoms with E-state index < -0.39 is 0 Å². The molecule has 1 rings (SSSR count). The zero-order valence-corrected chi connectivity index (χ0v) is 8.94. The van der Waals surface area contributed by atoms with Gasteiger partial charge in [-0.05, 0) is 39.7 Å². The molecule has 1 fully saturated rings. The molecule has 0 atom stereocenters. The van der Waals surface area contributed by atoms with Crippen molar-refractivity contribution in [2.75, 3.05) is 7.05 Å². The van der Waals surface area contributed by atoms with Crippen molar-refractivity contribution in [3.8, 4) is 0 Å². The molecular weight excluding hydrogens is 237 g/mol. The first kappa shape index (κ1) is 8.78. The molecular formula is C8H16IN. The van der Waals surface area contributed by atoms with E-state index in [2.05, 4.69) is 41.9 Å². The highest BCUT2D eigenvalue weighted by Gasteiger charge is 2.27. The van der Waals surface area contributed by atoms with Gasteiger partial charge in [-0.1, -0.05) is 22.6 Å². The van der Waals surface area contributed by atoms with Crippen molar-refractivity contribution in [3.05, 3.63) is 0 Å². The largest absolute Gasteiger partial charge is 0.315 e. The summed E-state index contributed by atoms with van der Waals surface area (Å²) < 4.78 is 0.930. The van der Waals surface area contributed by atoms with E-state index >= 15 is 0 Å². The Morgan fingerprint density at radius 1 is 1.40 bits per heavy atom. The SMILES string of the molecule is CNC1(C)CCC(I)CC1. The number of rotatable bonds is 1. The van der Waals surface area contributed by atoms with Crippen molar-refractivity contribution in [1.29, 1.82) is 0 Å². The van der Waals surface area contributed by atoms with Gasteiger partial charge in [0.15, 0.2) is 0 Å². The second-order valence-electron chi connectivity index (χ2n) is 3.49. The molecule has 0 heterocycles. The molecule has 1 aliphatic rings. The van der Waals surface area contributed by atoms with Crippen molar-refractivity contribution < 1.29 is 0 Å². The Labute approximate surface area is 77.1 Å². The molecule has 0 amide bonds. The Balaban J connectivity index is 2.38. The summed E-state index contributed by atoms with van der Waals surface area (Å²) in [4.78, 5) is 0. The van der Waals surface area contributed by atoms with Gasteiger partial charge in [-0.15, -0.1) is 0 Å². The highest BCUT2D eigenvalue weighted by Crippen LogP contribution is 2.31. The number of nitrogens with one attached hydrogen (secondary N) is 1. The van der Waals surface area contributed by atoms with Gasteiger partial charge in [0.1, 0.15) is 0 Å². The molecule has 0 spiro atoms. The average Bonchev–Trinajstić information content (AvgIpc) is 1.96. The third-order valence-corrected chi connectivity index (χ3v) is 3.87. The molecule has 0 radical (unpaired) electrons. The predicted octanol–water partition coefficient (Wildman–Crippen LogP) is 2.34. The molecule has 0 aromatic rings. The van der Waals surface area contributed by atoms with Crippen molar-refractivity contribution in [1.82, 2.24) is 5.32 Å². The van der Waals surface area contributed by atoms with E-state index in [1.807, 2.05) is 0 Å². The number of hydrogen-bond donors (Lipinski definition) is 1. The van der Waals surface area contributed by atoms with E-state index in [1.54, 1.807) is 0 Å². The summed E-state index contributed by atoms with van der Waals surface area (Å²) in [5, 5.41) is 3.40. The Morgan fingerprint density at radius 2 is 1.90 bits per heavy atom. The monoisotopic (exact) mass is 253 g/mol. The van der Waals surface area contributed by atoms with Crippen LogP contribution >= 0.6 is 22.6 Å². The maximum Gasteiger partial charge on any atom is 0.0151 e. The molecule has 0 unspecified atom stereocenters. The topological polar surface area (TPSA) is 12.0 Å². The van der Waals surface area contributed by atoms with Gasteiger partial charge in [-0.25, -0.2) is 0 Å². The quantitative estimate of drug-likeness (QED) is 0.558. The van der Waals surface area contributed by atoms with Crippen LogP contribution in [0.5, 0.6) is 0 Å². The van der Waals surface area contributed by atoms with Crippen LogP contribution in [0.25, 0.3) is 0 Å². The zero-order chi connectivity index (χ0) is 7.61. The van der Waals surface area contributed by atoms with Gasteiger partial charge in [0, 0.05) is 9.46 Å².